The lowest BCUT2D eigenvalue weighted by atomic mass is 10.2. The highest BCUT2D eigenvalue weighted by molar-refractivity contribution is 7.99. The van der Waals surface area contributed by atoms with Crippen molar-refractivity contribution in [3.05, 3.63) is 23.8 Å². The summed E-state index contributed by atoms with van der Waals surface area (Å²) in [5.74, 6) is 0.975. The lowest BCUT2D eigenvalue weighted by Crippen LogP contribution is -2.05. The van der Waals surface area contributed by atoms with Crippen LogP contribution >= 0.6 is 11.8 Å². The first-order chi connectivity index (χ1) is 7.11. The van der Waals surface area contributed by atoms with Crippen molar-refractivity contribution in [2.75, 3.05) is 18.1 Å². The van der Waals surface area contributed by atoms with E-state index in [1.54, 1.807) is 11.8 Å². The van der Waals surface area contributed by atoms with E-state index in [0.717, 1.165) is 18.0 Å². The van der Waals surface area contributed by atoms with Crippen molar-refractivity contribution in [1.29, 1.82) is 0 Å². The predicted molar refractivity (Wildman–Crippen MR) is 67.4 cm³/mol. The largest absolute Gasteiger partial charge is 0.398 e. The van der Waals surface area contributed by atoms with Gasteiger partial charge in [0.25, 0.3) is 0 Å². The highest BCUT2D eigenvalue weighted by atomic mass is 32.2. The third-order valence-corrected chi connectivity index (χ3v) is 3.24. The summed E-state index contributed by atoms with van der Waals surface area (Å²) in [7, 11) is 0. The standard InChI is InChI=1S/C12H19NOS/c1-9(2)14-7-8-15-12-6-4-5-11(13)10(12)3/h4-6,9H,7-8,13H2,1-3H3. The van der Waals surface area contributed by atoms with Crippen LogP contribution in [-0.4, -0.2) is 18.5 Å². The molecule has 3 heteroatoms. The molecule has 0 aliphatic carbocycles. The molecule has 0 heterocycles. The zero-order chi connectivity index (χ0) is 11.3. The highest BCUT2D eigenvalue weighted by Gasteiger charge is 2.01. The molecule has 0 atom stereocenters. The average molecular weight is 225 g/mol. The number of hydrogen-bond acceptors (Lipinski definition) is 3. The Kier molecular flexibility index (Phi) is 4.99. The van der Waals surface area contributed by atoms with E-state index >= 15 is 0 Å². The van der Waals surface area contributed by atoms with Crippen molar-refractivity contribution < 1.29 is 4.74 Å². The molecular weight excluding hydrogens is 206 g/mol. The van der Waals surface area contributed by atoms with Crippen molar-refractivity contribution in [3.63, 3.8) is 0 Å². The molecule has 0 aromatic heterocycles. The van der Waals surface area contributed by atoms with Gasteiger partial charge in [0.1, 0.15) is 0 Å². The summed E-state index contributed by atoms with van der Waals surface area (Å²) < 4.78 is 5.48. The van der Waals surface area contributed by atoms with Crippen LogP contribution in [-0.2, 0) is 4.74 Å². The summed E-state index contributed by atoms with van der Waals surface area (Å²) in [6.07, 6.45) is 0.313. The molecule has 0 aliphatic heterocycles. The van der Waals surface area contributed by atoms with E-state index in [1.165, 1.54) is 10.5 Å². The Morgan fingerprint density at radius 3 is 2.80 bits per heavy atom. The van der Waals surface area contributed by atoms with Crippen LogP contribution in [0.3, 0.4) is 0 Å². The van der Waals surface area contributed by atoms with E-state index < -0.39 is 0 Å². The van der Waals surface area contributed by atoms with Gasteiger partial charge in [-0.15, -0.1) is 11.8 Å². The minimum Gasteiger partial charge on any atom is -0.398 e. The molecule has 0 unspecified atom stereocenters. The van der Waals surface area contributed by atoms with Crippen molar-refractivity contribution >= 4 is 17.4 Å². The number of hydrogen-bond donors (Lipinski definition) is 1. The minimum atomic E-state index is 0.313. The molecule has 0 radical (unpaired) electrons. The molecule has 0 spiro atoms. The maximum absolute atomic E-state index is 5.83. The number of nitrogens with two attached hydrogens (primary N) is 1. The first-order valence-electron chi connectivity index (χ1n) is 5.20. The second-order valence-corrected chi connectivity index (χ2v) is 4.88. The summed E-state index contributed by atoms with van der Waals surface area (Å²) >= 11 is 1.80. The molecule has 0 aliphatic rings. The zero-order valence-corrected chi connectivity index (χ0v) is 10.4. The van der Waals surface area contributed by atoms with Crippen LogP contribution in [0.5, 0.6) is 0 Å². The molecule has 0 amide bonds. The zero-order valence-electron chi connectivity index (χ0n) is 9.62. The molecule has 0 saturated heterocycles. The Labute approximate surface area is 96.2 Å². The molecule has 2 N–H and O–H groups in total. The van der Waals surface area contributed by atoms with E-state index in [1.807, 2.05) is 12.1 Å². The number of rotatable bonds is 5. The van der Waals surface area contributed by atoms with Crippen molar-refractivity contribution in [3.8, 4) is 0 Å². The fourth-order valence-electron chi connectivity index (χ4n) is 1.22. The summed E-state index contributed by atoms with van der Waals surface area (Å²) in [4.78, 5) is 1.25. The molecule has 2 nitrogen and oxygen atoms in total. The van der Waals surface area contributed by atoms with Gasteiger partial charge >= 0.3 is 0 Å². The molecule has 84 valence electrons. The van der Waals surface area contributed by atoms with Gasteiger partial charge in [0.05, 0.1) is 12.7 Å². The molecule has 0 saturated carbocycles. The molecule has 15 heavy (non-hydrogen) atoms. The number of anilines is 1. The third-order valence-electron chi connectivity index (χ3n) is 2.12. The Balaban J connectivity index is 2.41. The summed E-state index contributed by atoms with van der Waals surface area (Å²) in [5.41, 5.74) is 7.87. The van der Waals surface area contributed by atoms with E-state index in [2.05, 4.69) is 26.8 Å². The van der Waals surface area contributed by atoms with Gasteiger partial charge in [0, 0.05) is 16.3 Å². The van der Waals surface area contributed by atoms with E-state index in [0.29, 0.717) is 6.10 Å². The number of thioether (sulfide) groups is 1. The SMILES string of the molecule is Cc1c(N)cccc1SCCOC(C)C. The van der Waals surface area contributed by atoms with Crippen molar-refractivity contribution in [2.24, 2.45) is 0 Å². The Morgan fingerprint density at radius 2 is 2.13 bits per heavy atom. The van der Waals surface area contributed by atoms with Crippen LogP contribution < -0.4 is 5.73 Å². The minimum absolute atomic E-state index is 0.313. The molecule has 1 aromatic rings. The summed E-state index contributed by atoms with van der Waals surface area (Å²) in [5, 5.41) is 0. The molecule has 0 fully saturated rings. The number of benzene rings is 1. The topological polar surface area (TPSA) is 35.2 Å². The van der Waals surface area contributed by atoms with Crippen molar-refractivity contribution in [1.82, 2.24) is 0 Å². The van der Waals surface area contributed by atoms with E-state index in [-0.39, 0.29) is 0 Å². The van der Waals surface area contributed by atoms with Gasteiger partial charge in [0.15, 0.2) is 0 Å². The van der Waals surface area contributed by atoms with Gasteiger partial charge in [-0.2, -0.15) is 0 Å². The third kappa shape index (κ3) is 4.14. The Morgan fingerprint density at radius 1 is 1.40 bits per heavy atom. The fraction of sp³-hybridized carbons (Fsp3) is 0.500. The van der Waals surface area contributed by atoms with Gasteiger partial charge in [-0.25, -0.2) is 0 Å². The second-order valence-electron chi connectivity index (χ2n) is 3.74. The predicted octanol–water partition coefficient (Wildman–Crippen LogP) is 3.09. The quantitative estimate of drug-likeness (QED) is 0.475. The maximum Gasteiger partial charge on any atom is 0.0563 e. The van der Waals surface area contributed by atoms with Gasteiger partial charge in [-0.3, -0.25) is 0 Å². The van der Waals surface area contributed by atoms with Gasteiger partial charge in [0.2, 0.25) is 0 Å². The number of ether oxygens (including phenoxy) is 1. The molecule has 1 aromatic carbocycles. The monoisotopic (exact) mass is 225 g/mol. The lowest BCUT2D eigenvalue weighted by molar-refractivity contribution is 0.0920. The van der Waals surface area contributed by atoms with E-state index in [4.69, 9.17) is 10.5 Å². The lowest BCUT2D eigenvalue weighted by Gasteiger charge is -2.09. The van der Waals surface area contributed by atoms with Gasteiger partial charge in [-0.1, -0.05) is 6.07 Å². The van der Waals surface area contributed by atoms with Gasteiger partial charge < -0.3 is 10.5 Å². The normalized spacial score (nSPS) is 10.9. The summed E-state index contributed by atoms with van der Waals surface area (Å²) in [6, 6.07) is 6.03. The van der Waals surface area contributed by atoms with Crippen molar-refractivity contribution in [2.45, 2.75) is 31.8 Å². The van der Waals surface area contributed by atoms with Crippen LogP contribution in [0.25, 0.3) is 0 Å². The maximum atomic E-state index is 5.83. The first kappa shape index (κ1) is 12.4. The smallest absolute Gasteiger partial charge is 0.0563 e. The number of nitrogen functional groups attached to an aromatic ring is 1. The first-order valence-corrected chi connectivity index (χ1v) is 6.19. The van der Waals surface area contributed by atoms with Gasteiger partial charge in [-0.05, 0) is 38.5 Å². The highest BCUT2D eigenvalue weighted by Crippen LogP contribution is 2.25. The van der Waals surface area contributed by atoms with Crippen LogP contribution in [0.4, 0.5) is 5.69 Å². The van der Waals surface area contributed by atoms with Crippen LogP contribution in [0.2, 0.25) is 0 Å². The summed E-state index contributed by atoms with van der Waals surface area (Å²) in [6.45, 7) is 6.95. The van der Waals surface area contributed by atoms with Crippen LogP contribution in [0, 0.1) is 6.92 Å². The Hall–Kier alpha value is -0.670. The molecular formula is C12H19NOS. The second kappa shape index (κ2) is 6.03. The van der Waals surface area contributed by atoms with Crippen LogP contribution in [0.1, 0.15) is 19.4 Å². The Bertz CT molecular complexity index is 312. The van der Waals surface area contributed by atoms with E-state index in [9.17, 15) is 0 Å². The average Bonchev–Trinajstić information content (AvgIpc) is 2.18. The van der Waals surface area contributed by atoms with Crippen LogP contribution in [0.15, 0.2) is 23.1 Å². The molecule has 1 rings (SSSR count). The molecule has 0 bridgehead atoms. The fourth-order valence-corrected chi connectivity index (χ4v) is 2.13.